The Balaban J connectivity index is 1.49. The molecule has 0 aliphatic heterocycles. The molecule has 0 spiro atoms. The van der Waals surface area contributed by atoms with Gasteiger partial charge in [-0.15, -0.1) is 0 Å². The van der Waals surface area contributed by atoms with Crippen molar-refractivity contribution in [3.05, 3.63) is 58.8 Å². The van der Waals surface area contributed by atoms with Crippen molar-refractivity contribution < 1.29 is 14.3 Å². The lowest BCUT2D eigenvalue weighted by Gasteiger charge is -2.10. The first kappa shape index (κ1) is 17.8. The number of ether oxygens (including phenoxy) is 1. The molecule has 8 heteroatoms. The van der Waals surface area contributed by atoms with Gasteiger partial charge in [-0.25, -0.2) is 9.50 Å². The van der Waals surface area contributed by atoms with Crippen LogP contribution in [-0.2, 0) is 16.0 Å². The number of nitrogens with zero attached hydrogens (tertiary/aromatic N) is 4. The Kier molecular flexibility index (Phi) is 4.38. The average molecular weight is 377 g/mol. The molecule has 4 rings (SSSR count). The van der Waals surface area contributed by atoms with Crippen LogP contribution in [-0.4, -0.2) is 42.9 Å². The van der Waals surface area contributed by atoms with Gasteiger partial charge < -0.3 is 9.72 Å². The second kappa shape index (κ2) is 6.88. The molecule has 0 radical (unpaired) electrons. The first-order chi connectivity index (χ1) is 13.5. The zero-order valence-corrected chi connectivity index (χ0v) is 15.8. The summed E-state index contributed by atoms with van der Waals surface area (Å²) in [7, 11) is 0. The number of aryl methyl sites for hydroxylation is 3. The quantitative estimate of drug-likeness (QED) is 0.423. The lowest BCUT2D eigenvalue weighted by molar-refractivity contribution is -0.141. The van der Waals surface area contributed by atoms with E-state index >= 15 is 0 Å². The molecule has 0 atom stereocenters. The number of fused-ring (bicyclic) bond motifs is 2. The molecule has 1 aromatic carbocycles. The Hall–Kier alpha value is -3.55. The average Bonchev–Trinajstić information content (AvgIpc) is 3.26. The van der Waals surface area contributed by atoms with Crippen LogP contribution >= 0.6 is 0 Å². The number of esters is 1. The van der Waals surface area contributed by atoms with Crippen LogP contribution in [0.5, 0.6) is 0 Å². The molecular formula is C20H19N5O3. The number of aromatic amines is 1. The molecule has 0 unspecified atom stereocenters. The fourth-order valence-corrected chi connectivity index (χ4v) is 3.46. The van der Waals surface area contributed by atoms with E-state index < -0.39 is 5.97 Å². The van der Waals surface area contributed by atoms with Gasteiger partial charge in [-0.3, -0.25) is 9.59 Å². The fourth-order valence-electron chi connectivity index (χ4n) is 3.46. The number of rotatable bonds is 5. The van der Waals surface area contributed by atoms with Crippen LogP contribution in [0.3, 0.4) is 0 Å². The predicted molar refractivity (Wildman–Crippen MR) is 102 cm³/mol. The minimum Gasteiger partial charge on any atom is -0.457 e. The summed E-state index contributed by atoms with van der Waals surface area (Å²) < 4.78 is 6.84. The first-order valence-electron chi connectivity index (χ1n) is 8.87. The number of Topliss-reactive ketones (excluding diaryl/α,β-unsaturated/α-hetero) is 1. The highest BCUT2D eigenvalue weighted by atomic mass is 16.5. The third-order valence-electron chi connectivity index (χ3n) is 4.85. The molecule has 8 nitrogen and oxygen atoms in total. The Morgan fingerprint density at radius 1 is 1.18 bits per heavy atom. The zero-order valence-electron chi connectivity index (χ0n) is 15.8. The van der Waals surface area contributed by atoms with Crippen molar-refractivity contribution in [2.24, 2.45) is 0 Å². The molecular weight excluding hydrogens is 358 g/mol. The van der Waals surface area contributed by atoms with Crippen molar-refractivity contribution >= 4 is 28.4 Å². The molecule has 1 N–H and O–H groups in total. The first-order valence-corrected chi connectivity index (χ1v) is 8.87. The van der Waals surface area contributed by atoms with Gasteiger partial charge in [0.15, 0.2) is 6.61 Å². The number of aromatic nitrogens is 5. The van der Waals surface area contributed by atoms with Crippen molar-refractivity contribution in [3.63, 3.8) is 0 Å². The molecule has 0 saturated carbocycles. The van der Waals surface area contributed by atoms with E-state index in [1.807, 2.05) is 45.0 Å². The molecule has 142 valence electrons. The van der Waals surface area contributed by atoms with Crippen LogP contribution in [0.25, 0.3) is 16.7 Å². The maximum absolute atomic E-state index is 12.6. The Morgan fingerprint density at radius 3 is 2.79 bits per heavy atom. The van der Waals surface area contributed by atoms with Crippen LogP contribution in [0, 0.1) is 20.8 Å². The van der Waals surface area contributed by atoms with E-state index in [0.717, 1.165) is 27.9 Å². The van der Waals surface area contributed by atoms with Crippen molar-refractivity contribution in [3.8, 4) is 0 Å². The number of carbonyl (C=O) groups excluding carboxylic acids is 2. The lowest BCUT2D eigenvalue weighted by Crippen LogP contribution is -2.18. The molecule has 28 heavy (non-hydrogen) atoms. The summed E-state index contributed by atoms with van der Waals surface area (Å²) in [5.74, 6) is -0.239. The van der Waals surface area contributed by atoms with Crippen molar-refractivity contribution in [2.45, 2.75) is 27.2 Å². The highest BCUT2D eigenvalue weighted by Gasteiger charge is 2.19. The Bertz CT molecular complexity index is 1220. The smallest absolute Gasteiger partial charge is 0.310 e. The van der Waals surface area contributed by atoms with E-state index in [1.54, 1.807) is 4.52 Å². The van der Waals surface area contributed by atoms with Crippen LogP contribution in [0.4, 0.5) is 0 Å². The van der Waals surface area contributed by atoms with Gasteiger partial charge in [0.05, 0.1) is 6.42 Å². The number of benzene rings is 1. The van der Waals surface area contributed by atoms with E-state index in [1.165, 1.54) is 6.33 Å². The van der Waals surface area contributed by atoms with Crippen molar-refractivity contribution in [1.82, 2.24) is 24.6 Å². The standard InChI is InChI=1S/C20H19N5O3/c1-11-15(13(3)25-20(24-11)21-10-22-25)8-18(27)28-9-17(26)19-12(2)23-16-7-5-4-6-14(16)19/h4-7,10,23H,8-9H2,1-3H3. The molecule has 0 fully saturated rings. The summed E-state index contributed by atoms with van der Waals surface area (Å²) in [4.78, 5) is 36.6. The van der Waals surface area contributed by atoms with Crippen LogP contribution in [0.2, 0.25) is 0 Å². The molecule has 0 bridgehead atoms. The molecule has 4 aromatic rings. The number of ketones is 1. The van der Waals surface area contributed by atoms with E-state index in [0.29, 0.717) is 17.0 Å². The van der Waals surface area contributed by atoms with Gasteiger partial charge in [0.2, 0.25) is 5.78 Å². The maximum Gasteiger partial charge on any atom is 0.310 e. The normalized spacial score (nSPS) is 11.2. The highest BCUT2D eigenvalue weighted by molar-refractivity contribution is 6.10. The second-order valence-corrected chi connectivity index (χ2v) is 6.66. The third kappa shape index (κ3) is 3.02. The Morgan fingerprint density at radius 2 is 1.96 bits per heavy atom. The zero-order chi connectivity index (χ0) is 19.8. The topological polar surface area (TPSA) is 102 Å². The third-order valence-corrected chi connectivity index (χ3v) is 4.85. The van der Waals surface area contributed by atoms with E-state index in [2.05, 4.69) is 20.1 Å². The minimum atomic E-state index is -0.488. The van der Waals surface area contributed by atoms with Gasteiger partial charge in [0.25, 0.3) is 5.78 Å². The maximum atomic E-state index is 12.6. The van der Waals surface area contributed by atoms with Crippen LogP contribution in [0.15, 0.2) is 30.6 Å². The molecule has 0 saturated heterocycles. The summed E-state index contributed by atoms with van der Waals surface area (Å²) in [5, 5.41) is 4.93. The fraction of sp³-hybridized carbons (Fsp3) is 0.250. The number of para-hydroxylation sites is 1. The predicted octanol–water partition coefficient (Wildman–Crippen LogP) is 2.50. The van der Waals surface area contributed by atoms with Crippen LogP contribution in [0.1, 0.15) is 33.0 Å². The highest BCUT2D eigenvalue weighted by Crippen LogP contribution is 2.22. The molecule has 0 amide bonds. The van der Waals surface area contributed by atoms with Gasteiger partial charge in [-0.1, -0.05) is 18.2 Å². The lowest BCUT2D eigenvalue weighted by atomic mass is 10.1. The summed E-state index contributed by atoms with van der Waals surface area (Å²) >= 11 is 0. The minimum absolute atomic E-state index is 0.0145. The van der Waals surface area contributed by atoms with Crippen molar-refractivity contribution in [2.75, 3.05) is 6.61 Å². The van der Waals surface area contributed by atoms with Gasteiger partial charge in [0, 0.05) is 39.1 Å². The van der Waals surface area contributed by atoms with Gasteiger partial charge in [-0.2, -0.15) is 10.1 Å². The van der Waals surface area contributed by atoms with E-state index in [-0.39, 0.29) is 18.8 Å². The largest absolute Gasteiger partial charge is 0.457 e. The molecule has 0 aliphatic rings. The van der Waals surface area contributed by atoms with Gasteiger partial charge in [0.1, 0.15) is 6.33 Å². The number of H-pyrrole nitrogens is 1. The summed E-state index contributed by atoms with van der Waals surface area (Å²) in [5.41, 5.74) is 4.38. The Labute approximate surface area is 160 Å². The second-order valence-electron chi connectivity index (χ2n) is 6.66. The SMILES string of the molecule is Cc1nc2ncnn2c(C)c1CC(=O)OCC(=O)c1c(C)[nH]c2ccccc12. The molecule has 3 heterocycles. The van der Waals surface area contributed by atoms with Gasteiger partial charge in [-0.05, 0) is 26.8 Å². The van der Waals surface area contributed by atoms with Crippen molar-refractivity contribution in [1.29, 1.82) is 0 Å². The summed E-state index contributed by atoms with van der Waals surface area (Å²) in [6, 6.07) is 7.55. The molecule has 3 aromatic heterocycles. The van der Waals surface area contributed by atoms with E-state index in [9.17, 15) is 9.59 Å². The number of hydrogen-bond acceptors (Lipinski definition) is 6. The summed E-state index contributed by atoms with van der Waals surface area (Å²) in [6.45, 7) is 5.18. The number of carbonyl (C=O) groups is 2. The summed E-state index contributed by atoms with van der Waals surface area (Å²) in [6.07, 6.45) is 1.43. The molecule has 0 aliphatic carbocycles. The van der Waals surface area contributed by atoms with E-state index in [4.69, 9.17) is 4.74 Å². The monoisotopic (exact) mass is 377 g/mol. The van der Waals surface area contributed by atoms with Gasteiger partial charge >= 0.3 is 5.97 Å². The van der Waals surface area contributed by atoms with Crippen LogP contribution < -0.4 is 0 Å². The number of hydrogen-bond donors (Lipinski definition) is 1. The number of nitrogens with one attached hydrogen (secondary N) is 1.